The first kappa shape index (κ1) is 13.2. The number of carbonyl (C=O) groups excluding carboxylic acids is 1. The molecule has 108 valence electrons. The number of hydrogen-bond acceptors (Lipinski definition) is 4. The van der Waals surface area contributed by atoms with Gasteiger partial charge >= 0.3 is 5.97 Å². The minimum Gasteiger partial charge on any atom is -0.478 e. The van der Waals surface area contributed by atoms with Crippen LogP contribution in [0.1, 0.15) is 46.6 Å². The Morgan fingerprint density at radius 2 is 2.20 bits per heavy atom. The molecule has 0 aromatic carbocycles. The molecular formula is C14H18N2O4. The van der Waals surface area contributed by atoms with E-state index in [1.807, 2.05) is 0 Å². The fraction of sp³-hybridized carbons (Fsp3) is 0.571. The normalized spacial score (nSPS) is 26.2. The minimum absolute atomic E-state index is 0.000706. The van der Waals surface area contributed by atoms with E-state index in [-0.39, 0.29) is 23.3 Å². The summed E-state index contributed by atoms with van der Waals surface area (Å²) >= 11 is 0. The standard InChI is InChI=1S/C14H18N2O4/c17-13(12-6-9(8-20-12)14(18)19)15-10-3-5-16-4-1-2-11(16)7-10/h6,8,10-11H,1-5,7H2,(H,15,17)(H,18,19). The van der Waals surface area contributed by atoms with E-state index in [9.17, 15) is 9.59 Å². The molecule has 3 heterocycles. The van der Waals surface area contributed by atoms with Crippen LogP contribution in [0.3, 0.4) is 0 Å². The van der Waals surface area contributed by atoms with E-state index >= 15 is 0 Å². The number of nitrogens with zero attached hydrogens (tertiary/aromatic N) is 1. The maximum Gasteiger partial charge on any atom is 0.338 e. The predicted molar refractivity (Wildman–Crippen MR) is 70.8 cm³/mol. The second-order valence-electron chi connectivity index (χ2n) is 5.53. The first-order chi connectivity index (χ1) is 9.63. The van der Waals surface area contributed by atoms with Crippen molar-refractivity contribution >= 4 is 11.9 Å². The number of furan rings is 1. The van der Waals surface area contributed by atoms with Gasteiger partial charge in [-0.1, -0.05) is 0 Å². The van der Waals surface area contributed by atoms with Crippen LogP contribution in [-0.2, 0) is 0 Å². The van der Waals surface area contributed by atoms with E-state index in [1.54, 1.807) is 0 Å². The first-order valence-corrected chi connectivity index (χ1v) is 7.00. The highest BCUT2D eigenvalue weighted by molar-refractivity contribution is 5.95. The number of carboxylic acid groups (broad SMARTS) is 1. The highest BCUT2D eigenvalue weighted by atomic mass is 16.4. The van der Waals surface area contributed by atoms with Gasteiger partial charge in [0.25, 0.3) is 5.91 Å². The van der Waals surface area contributed by atoms with Crippen molar-refractivity contribution in [3.8, 4) is 0 Å². The zero-order chi connectivity index (χ0) is 14.1. The molecule has 2 unspecified atom stereocenters. The predicted octanol–water partition coefficient (Wildman–Crippen LogP) is 1.33. The van der Waals surface area contributed by atoms with Gasteiger partial charge in [0.05, 0.1) is 5.56 Å². The summed E-state index contributed by atoms with van der Waals surface area (Å²) in [4.78, 5) is 25.3. The van der Waals surface area contributed by atoms with Crippen LogP contribution < -0.4 is 5.32 Å². The maximum absolute atomic E-state index is 12.0. The third-order valence-corrected chi connectivity index (χ3v) is 4.23. The molecule has 0 spiro atoms. The van der Waals surface area contributed by atoms with Gasteiger partial charge in [-0.05, 0) is 32.2 Å². The van der Waals surface area contributed by atoms with Crippen LogP contribution >= 0.6 is 0 Å². The summed E-state index contributed by atoms with van der Waals surface area (Å²) in [5, 5.41) is 11.8. The minimum atomic E-state index is -1.09. The lowest BCUT2D eigenvalue weighted by Crippen LogP contribution is -2.47. The Morgan fingerprint density at radius 1 is 1.35 bits per heavy atom. The number of aromatic carboxylic acids is 1. The lowest BCUT2D eigenvalue weighted by Gasteiger charge is -2.34. The number of amides is 1. The largest absolute Gasteiger partial charge is 0.478 e. The van der Waals surface area contributed by atoms with Crippen molar-refractivity contribution in [3.05, 3.63) is 23.7 Å². The molecule has 2 saturated heterocycles. The van der Waals surface area contributed by atoms with Crippen molar-refractivity contribution in [2.75, 3.05) is 13.1 Å². The average molecular weight is 278 g/mol. The molecule has 2 aliphatic heterocycles. The zero-order valence-corrected chi connectivity index (χ0v) is 11.2. The number of nitrogens with one attached hydrogen (secondary N) is 1. The number of rotatable bonds is 3. The summed E-state index contributed by atoms with van der Waals surface area (Å²) < 4.78 is 5.01. The number of hydrogen-bond donors (Lipinski definition) is 2. The van der Waals surface area contributed by atoms with E-state index < -0.39 is 5.97 Å². The number of carbonyl (C=O) groups is 2. The quantitative estimate of drug-likeness (QED) is 0.871. The third kappa shape index (κ3) is 2.56. The van der Waals surface area contributed by atoms with Gasteiger partial charge in [-0.15, -0.1) is 0 Å². The fourth-order valence-electron chi connectivity index (χ4n) is 3.18. The molecule has 6 heteroatoms. The summed E-state index contributed by atoms with van der Waals surface area (Å²) in [6, 6.07) is 2.00. The van der Waals surface area contributed by atoms with Crippen LogP contribution in [0.25, 0.3) is 0 Å². The number of fused-ring (bicyclic) bond motifs is 1. The smallest absolute Gasteiger partial charge is 0.338 e. The Labute approximate surface area is 116 Å². The molecule has 0 radical (unpaired) electrons. The lowest BCUT2D eigenvalue weighted by molar-refractivity contribution is 0.0695. The molecular weight excluding hydrogens is 260 g/mol. The molecule has 20 heavy (non-hydrogen) atoms. The Hall–Kier alpha value is -1.82. The summed E-state index contributed by atoms with van der Waals surface area (Å²) in [6.45, 7) is 2.19. The van der Waals surface area contributed by atoms with Crippen LogP contribution in [0.5, 0.6) is 0 Å². The highest BCUT2D eigenvalue weighted by Gasteiger charge is 2.32. The van der Waals surface area contributed by atoms with E-state index in [4.69, 9.17) is 9.52 Å². The molecule has 1 aromatic heterocycles. The van der Waals surface area contributed by atoms with Crippen LogP contribution in [0.15, 0.2) is 16.7 Å². The second kappa shape index (κ2) is 5.28. The third-order valence-electron chi connectivity index (χ3n) is 4.23. The molecule has 1 aromatic rings. The Morgan fingerprint density at radius 3 is 2.95 bits per heavy atom. The van der Waals surface area contributed by atoms with Crippen LogP contribution in [0.2, 0.25) is 0 Å². The van der Waals surface area contributed by atoms with Crippen molar-refractivity contribution in [2.45, 2.75) is 37.8 Å². The van der Waals surface area contributed by atoms with Crippen LogP contribution in [-0.4, -0.2) is 47.1 Å². The van der Waals surface area contributed by atoms with Gasteiger partial charge in [0, 0.05) is 24.7 Å². The average Bonchev–Trinajstić information content (AvgIpc) is 3.07. The molecule has 2 N–H and O–H groups in total. The van der Waals surface area contributed by atoms with Crippen LogP contribution in [0, 0.1) is 0 Å². The Balaban J connectivity index is 1.59. The van der Waals surface area contributed by atoms with Crippen molar-refractivity contribution in [2.24, 2.45) is 0 Å². The molecule has 0 aliphatic carbocycles. The van der Waals surface area contributed by atoms with Gasteiger partial charge in [0.2, 0.25) is 0 Å². The van der Waals surface area contributed by atoms with Gasteiger partial charge in [0.1, 0.15) is 6.26 Å². The van der Waals surface area contributed by atoms with Gasteiger partial charge in [-0.2, -0.15) is 0 Å². The van der Waals surface area contributed by atoms with Gasteiger partial charge < -0.3 is 19.7 Å². The van der Waals surface area contributed by atoms with E-state index in [0.29, 0.717) is 6.04 Å². The molecule has 2 aliphatic rings. The van der Waals surface area contributed by atoms with Crippen molar-refractivity contribution in [1.29, 1.82) is 0 Å². The maximum atomic E-state index is 12.0. The second-order valence-corrected chi connectivity index (χ2v) is 5.53. The molecule has 0 saturated carbocycles. The van der Waals surface area contributed by atoms with Crippen LogP contribution in [0.4, 0.5) is 0 Å². The Kier molecular flexibility index (Phi) is 3.48. The SMILES string of the molecule is O=C(O)c1coc(C(=O)NC2CCN3CCCC3C2)c1. The van der Waals surface area contributed by atoms with Gasteiger partial charge in [0.15, 0.2) is 5.76 Å². The molecule has 3 rings (SSSR count). The highest BCUT2D eigenvalue weighted by Crippen LogP contribution is 2.27. The monoisotopic (exact) mass is 278 g/mol. The fourth-order valence-corrected chi connectivity index (χ4v) is 3.18. The van der Waals surface area contributed by atoms with Crippen molar-refractivity contribution in [1.82, 2.24) is 10.2 Å². The van der Waals surface area contributed by atoms with E-state index in [1.165, 1.54) is 25.5 Å². The van der Waals surface area contributed by atoms with Gasteiger partial charge in [-0.25, -0.2) is 4.79 Å². The molecule has 6 nitrogen and oxygen atoms in total. The molecule has 0 bridgehead atoms. The number of piperidine rings is 1. The van der Waals surface area contributed by atoms with Gasteiger partial charge in [-0.3, -0.25) is 4.79 Å². The molecule has 1 amide bonds. The Bertz CT molecular complexity index is 525. The topological polar surface area (TPSA) is 82.8 Å². The molecule has 2 fully saturated rings. The van der Waals surface area contributed by atoms with Crippen molar-refractivity contribution in [3.63, 3.8) is 0 Å². The van der Waals surface area contributed by atoms with E-state index in [0.717, 1.165) is 25.6 Å². The molecule has 2 atom stereocenters. The summed E-state index contributed by atoms with van der Waals surface area (Å²) in [5.41, 5.74) is 0.000706. The first-order valence-electron chi connectivity index (χ1n) is 7.00. The number of carboxylic acids is 1. The lowest BCUT2D eigenvalue weighted by atomic mass is 9.97. The summed E-state index contributed by atoms with van der Waals surface area (Å²) in [5.74, 6) is -1.35. The van der Waals surface area contributed by atoms with Crippen molar-refractivity contribution < 1.29 is 19.1 Å². The van der Waals surface area contributed by atoms with E-state index in [2.05, 4.69) is 10.2 Å². The summed E-state index contributed by atoms with van der Waals surface area (Å²) in [6.07, 6.45) is 5.45. The summed E-state index contributed by atoms with van der Waals surface area (Å²) in [7, 11) is 0. The zero-order valence-electron chi connectivity index (χ0n) is 11.2.